The summed E-state index contributed by atoms with van der Waals surface area (Å²) >= 11 is 0. The second-order valence-corrected chi connectivity index (χ2v) is 4.04. The van der Waals surface area contributed by atoms with E-state index in [1.165, 1.54) is 12.5 Å². The lowest BCUT2D eigenvalue weighted by Crippen LogP contribution is -2.34. The van der Waals surface area contributed by atoms with Gasteiger partial charge < -0.3 is 5.32 Å². The van der Waals surface area contributed by atoms with Crippen molar-refractivity contribution in [2.45, 2.75) is 38.0 Å². The van der Waals surface area contributed by atoms with E-state index in [1.807, 2.05) is 0 Å². The van der Waals surface area contributed by atoms with Gasteiger partial charge in [0.05, 0.1) is 11.3 Å². The van der Waals surface area contributed by atoms with Gasteiger partial charge in [0.15, 0.2) is 0 Å². The van der Waals surface area contributed by atoms with E-state index < -0.39 is 11.7 Å². The first-order valence-corrected chi connectivity index (χ1v) is 5.31. The van der Waals surface area contributed by atoms with E-state index in [0.717, 1.165) is 25.1 Å². The van der Waals surface area contributed by atoms with Crippen molar-refractivity contribution in [1.29, 1.82) is 0 Å². The summed E-state index contributed by atoms with van der Waals surface area (Å²) in [5, 5.41) is 3.25. The monoisotopic (exact) mass is 230 g/mol. The molecule has 1 aromatic rings. The number of halogens is 3. The highest BCUT2D eigenvalue weighted by Gasteiger charge is 2.30. The van der Waals surface area contributed by atoms with Crippen LogP contribution in [0, 0.1) is 0 Å². The molecule has 0 amide bonds. The molecule has 0 aromatic carbocycles. The molecule has 0 saturated heterocycles. The Bertz CT molecular complexity index is 341. The van der Waals surface area contributed by atoms with Gasteiger partial charge in [0.25, 0.3) is 0 Å². The molecule has 5 heteroatoms. The lowest BCUT2D eigenvalue weighted by atomic mass is 9.93. The predicted molar refractivity (Wildman–Crippen MR) is 53.7 cm³/mol. The molecule has 88 valence electrons. The molecular formula is C11H13F3N2. The maximum absolute atomic E-state index is 12.2. The van der Waals surface area contributed by atoms with Crippen LogP contribution >= 0.6 is 0 Å². The van der Waals surface area contributed by atoms with Crippen molar-refractivity contribution in [3.05, 3.63) is 29.6 Å². The summed E-state index contributed by atoms with van der Waals surface area (Å²) in [6.07, 6.45) is 0.129. The van der Waals surface area contributed by atoms with E-state index in [-0.39, 0.29) is 0 Å². The van der Waals surface area contributed by atoms with E-state index in [2.05, 4.69) is 10.3 Å². The third-order valence-electron chi connectivity index (χ3n) is 2.83. The van der Waals surface area contributed by atoms with Gasteiger partial charge in [0.1, 0.15) is 0 Å². The smallest absolute Gasteiger partial charge is 0.308 e. The predicted octanol–water partition coefficient (Wildman–Crippen LogP) is 2.74. The van der Waals surface area contributed by atoms with E-state index >= 15 is 0 Å². The van der Waals surface area contributed by atoms with Crippen molar-refractivity contribution in [2.24, 2.45) is 0 Å². The lowest BCUT2D eigenvalue weighted by Gasteiger charge is -2.26. The summed E-state index contributed by atoms with van der Waals surface area (Å²) in [6.45, 7) is 0.544. The van der Waals surface area contributed by atoms with Crippen LogP contribution in [0.3, 0.4) is 0 Å². The number of alkyl halides is 3. The first-order chi connectivity index (χ1) is 7.55. The second kappa shape index (κ2) is 4.41. The van der Waals surface area contributed by atoms with Crippen molar-refractivity contribution in [3.8, 4) is 0 Å². The Balaban J connectivity index is 1.91. The number of aromatic nitrogens is 1. The van der Waals surface area contributed by atoms with Gasteiger partial charge in [-0.3, -0.25) is 4.98 Å². The number of hydrogen-bond donors (Lipinski definition) is 1. The highest BCUT2D eigenvalue weighted by atomic mass is 19.4. The van der Waals surface area contributed by atoms with Crippen LogP contribution in [0.2, 0.25) is 0 Å². The average Bonchev–Trinajstić information content (AvgIpc) is 2.15. The molecule has 1 fully saturated rings. The maximum atomic E-state index is 12.2. The van der Waals surface area contributed by atoms with Crippen LogP contribution in [0.5, 0.6) is 0 Å². The van der Waals surface area contributed by atoms with Crippen molar-refractivity contribution >= 4 is 0 Å². The summed E-state index contributed by atoms with van der Waals surface area (Å²) in [5.41, 5.74) is -0.0419. The minimum absolute atomic E-state index is 0.518. The molecule has 0 radical (unpaired) electrons. The van der Waals surface area contributed by atoms with Gasteiger partial charge in [0, 0.05) is 18.8 Å². The normalized spacial score (nSPS) is 17.2. The third-order valence-corrected chi connectivity index (χ3v) is 2.83. The van der Waals surface area contributed by atoms with E-state index in [0.29, 0.717) is 18.3 Å². The fourth-order valence-electron chi connectivity index (χ4n) is 1.56. The van der Waals surface area contributed by atoms with Crippen LogP contribution in [0.15, 0.2) is 18.3 Å². The average molecular weight is 230 g/mol. The zero-order chi connectivity index (χ0) is 11.6. The summed E-state index contributed by atoms with van der Waals surface area (Å²) in [4.78, 5) is 3.79. The molecule has 1 N–H and O–H groups in total. The molecule has 2 nitrogen and oxygen atoms in total. The van der Waals surface area contributed by atoms with Crippen LogP contribution in [0.25, 0.3) is 0 Å². The minimum Gasteiger partial charge on any atom is -0.308 e. The van der Waals surface area contributed by atoms with Crippen molar-refractivity contribution < 1.29 is 13.2 Å². The molecule has 1 aromatic heterocycles. The Hall–Kier alpha value is -1.10. The molecule has 0 atom stereocenters. The van der Waals surface area contributed by atoms with E-state index in [9.17, 15) is 13.2 Å². The Morgan fingerprint density at radius 3 is 2.50 bits per heavy atom. The molecule has 0 unspecified atom stereocenters. The number of hydrogen-bond acceptors (Lipinski definition) is 2. The summed E-state index contributed by atoms with van der Waals surface area (Å²) in [6, 6.07) is 3.02. The number of nitrogens with one attached hydrogen (secondary N) is 1. The fraction of sp³-hybridized carbons (Fsp3) is 0.545. The van der Waals surface area contributed by atoms with Gasteiger partial charge in [-0.2, -0.15) is 13.2 Å². The summed E-state index contributed by atoms with van der Waals surface area (Å²) < 4.78 is 36.7. The molecule has 2 rings (SSSR count). The van der Waals surface area contributed by atoms with Crippen molar-refractivity contribution in [2.75, 3.05) is 0 Å². The zero-order valence-corrected chi connectivity index (χ0v) is 8.72. The van der Waals surface area contributed by atoms with Gasteiger partial charge in [-0.15, -0.1) is 0 Å². The third kappa shape index (κ3) is 2.72. The van der Waals surface area contributed by atoms with Crippen molar-refractivity contribution in [1.82, 2.24) is 10.3 Å². The molecule has 16 heavy (non-hydrogen) atoms. The SMILES string of the molecule is FC(F)(F)c1ccc(CNC2CCC2)nc1. The molecule has 0 spiro atoms. The Labute approximate surface area is 91.9 Å². The molecule has 0 aliphatic heterocycles. The van der Waals surface area contributed by atoms with Crippen molar-refractivity contribution in [3.63, 3.8) is 0 Å². The maximum Gasteiger partial charge on any atom is 0.417 e. The van der Waals surface area contributed by atoms with Gasteiger partial charge in [-0.05, 0) is 25.0 Å². The molecule has 1 saturated carbocycles. The molecule has 0 bridgehead atoms. The Morgan fingerprint density at radius 2 is 2.06 bits per heavy atom. The minimum atomic E-state index is -4.30. The lowest BCUT2D eigenvalue weighted by molar-refractivity contribution is -0.137. The highest BCUT2D eigenvalue weighted by Crippen LogP contribution is 2.28. The van der Waals surface area contributed by atoms with Crippen LogP contribution in [0.1, 0.15) is 30.5 Å². The molecule has 1 heterocycles. The van der Waals surface area contributed by atoms with E-state index in [1.54, 1.807) is 0 Å². The van der Waals surface area contributed by atoms with Crippen LogP contribution in [0.4, 0.5) is 13.2 Å². The van der Waals surface area contributed by atoms with Crippen LogP contribution in [-0.2, 0) is 12.7 Å². The first-order valence-electron chi connectivity index (χ1n) is 5.31. The zero-order valence-electron chi connectivity index (χ0n) is 8.72. The van der Waals surface area contributed by atoms with E-state index in [4.69, 9.17) is 0 Å². The van der Waals surface area contributed by atoms with Gasteiger partial charge in [-0.25, -0.2) is 0 Å². The summed E-state index contributed by atoms with van der Waals surface area (Å²) in [5.74, 6) is 0. The van der Waals surface area contributed by atoms with Gasteiger partial charge in [0.2, 0.25) is 0 Å². The van der Waals surface area contributed by atoms with Gasteiger partial charge >= 0.3 is 6.18 Å². The Morgan fingerprint density at radius 1 is 1.31 bits per heavy atom. The number of rotatable bonds is 3. The summed E-state index contributed by atoms with van der Waals surface area (Å²) in [7, 11) is 0. The number of pyridine rings is 1. The highest BCUT2D eigenvalue weighted by molar-refractivity contribution is 5.16. The first kappa shape index (κ1) is 11.4. The fourth-order valence-corrected chi connectivity index (χ4v) is 1.56. The molecule has 1 aliphatic carbocycles. The standard InChI is InChI=1S/C11H13F3N2/c12-11(13,14)8-4-5-10(15-6-8)7-16-9-2-1-3-9/h4-6,9,16H,1-3,7H2. The van der Waals surface area contributed by atoms with Gasteiger partial charge in [-0.1, -0.05) is 6.42 Å². The second-order valence-electron chi connectivity index (χ2n) is 4.04. The molecular weight excluding hydrogens is 217 g/mol. The van der Waals surface area contributed by atoms with Crippen LogP contribution in [-0.4, -0.2) is 11.0 Å². The Kier molecular flexibility index (Phi) is 3.14. The molecule has 1 aliphatic rings. The quantitative estimate of drug-likeness (QED) is 0.863. The number of nitrogens with zero attached hydrogens (tertiary/aromatic N) is 1. The largest absolute Gasteiger partial charge is 0.417 e. The van der Waals surface area contributed by atoms with Crippen LogP contribution < -0.4 is 5.32 Å². The topological polar surface area (TPSA) is 24.9 Å².